The van der Waals surface area contributed by atoms with Gasteiger partial charge in [-0.25, -0.2) is 9.18 Å². The van der Waals surface area contributed by atoms with E-state index in [0.717, 1.165) is 5.56 Å². The first-order valence-corrected chi connectivity index (χ1v) is 6.28. The van der Waals surface area contributed by atoms with Gasteiger partial charge in [-0.1, -0.05) is 26.0 Å². The van der Waals surface area contributed by atoms with Crippen LogP contribution in [0, 0.1) is 11.7 Å². The van der Waals surface area contributed by atoms with Gasteiger partial charge in [-0.2, -0.15) is 0 Å². The van der Waals surface area contributed by atoms with E-state index in [9.17, 15) is 9.18 Å². The lowest BCUT2D eigenvalue weighted by Gasteiger charge is -2.17. The van der Waals surface area contributed by atoms with Crippen molar-refractivity contribution in [3.63, 3.8) is 0 Å². The van der Waals surface area contributed by atoms with Crippen LogP contribution in [0.25, 0.3) is 0 Å². The fraction of sp³-hybridized carbons (Fsp3) is 0.500. The largest absolute Gasteiger partial charge is 0.338 e. The normalized spacial score (nSPS) is 12.3. The van der Waals surface area contributed by atoms with Gasteiger partial charge in [-0.3, -0.25) is 0 Å². The van der Waals surface area contributed by atoms with Crippen LogP contribution in [-0.2, 0) is 6.42 Å². The molecule has 1 aromatic carbocycles. The van der Waals surface area contributed by atoms with Gasteiger partial charge in [-0.05, 0) is 37.0 Å². The van der Waals surface area contributed by atoms with E-state index in [1.54, 1.807) is 12.1 Å². The Balaban J connectivity index is 2.25. The number of rotatable bonds is 5. The topological polar surface area (TPSA) is 41.1 Å². The number of carbonyl (C=O) groups is 1. The Morgan fingerprint density at radius 1 is 1.22 bits per heavy atom. The molecule has 0 aliphatic carbocycles. The SMILES string of the molecule is CC(C)C(C)NC(=O)NCCc1ccc(F)cc1. The molecule has 4 heteroatoms. The zero-order chi connectivity index (χ0) is 13.5. The van der Waals surface area contributed by atoms with Crippen molar-refractivity contribution >= 4 is 6.03 Å². The summed E-state index contributed by atoms with van der Waals surface area (Å²) in [7, 11) is 0. The Morgan fingerprint density at radius 2 is 1.83 bits per heavy atom. The molecule has 1 aromatic rings. The van der Waals surface area contributed by atoms with Crippen molar-refractivity contribution in [2.75, 3.05) is 6.54 Å². The second kappa shape index (κ2) is 6.99. The van der Waals surface area contributed by atoms with Crippen molar-refractivity contribution in [1.82, 2.24) is 10.6 Å². The maximum atomic E-state index is 12.7. The van der Waals surface area contributed by atoms with Crippen LogP contribution in [0.4, 0.5) is 9.18 Å². The molecule has 0 saturated heterocycles. The fourth-order valence-corrected chi connectivity index (χ4v) is 1.40. The van der Waals surface area contributed by atoms with Gasteiger partial charge < -0.3 is 10.6 Å². The number of hydrogen-bond donors (Lipinski definition) is 2. The maximum Gasteiger partial charge on any atom is 0.315 e. The first kappa shape index (κ1) is 14.5. The van der Waals surface area contributed by atoms with Crippen LogP contribution < -0.4 is 10.6 Å². The van der Waals surface area contributed by atoms with E-state index in [2.05, 4.69) is 24.5 Å². The monoisotopic (exact) mass is 252 g/mol. The van der Waals surface area contributed by atoms with Crippen LogP contribution in [0.2, 0.25) is 0 Å². The van der Waals surface area contributed by atoms with Crippen molar-refractivity contribution < 1.29 is 9.18 Å². The van der Waals surface area contributed by atoms with Crippen LogP contribution in [0.15, 0.2) is 24.3 Å². The van der Waals surface area contributed by atoms with Gasteiger partial charge in [0.15, 0.2) is 0 Å². The Bertz CT molecular complexity index is 376. The molecule has 100 valence electrons. The summed E-state index contributed by atoms with van der Waals surface area (Å²) >= 11 is 0. The van der Waals surface area contributed by atoms with Gasteiger partial charge >= 0.3 is 6.03 Å². The standard InChI is InChI=1S/C14H21FN2O/c1-10(2)11(3)17-14(18)16-9-8-12-4-6-13(15)7-5-12/h4-7,10-11H,8-9H2,1-3H3,(H2,16,17,18). The van der Waals surface area contributed by atoms with E-state index in [1.807, 2.05) is 6.92 Å². The second-order valence-electron chi connectivity index (χ2n) is 4.81. The summed E-state index contributed by atoms with van der Waals surface area (Å²) < 4.78 is 12.7. The van der Waals surface area contributed by atoms with E-state index in [0.29, 0.717) is 18.9 Å². The lowest BCUT2D eigenvalue weighted by atomic mass is 10.1. The lowest BCUT2D eigenvalue weighted by molar-refractivity contribution is 0.234. The fourth-order valence-electron chi connectivity index (χ4n) is 1.40. The van der Waals surface area contributed by atoms with Crippen LogP contribution in [0.1, 0.15) is 26.3 Å². The summed E-state index contributed by atoms with van der Waals surface area (Å²) in [6, 6.07) is 6.30. The highest BCUT2D eigenvalue weighted by Gasteiger charge is 2.09. The Morgan fingerprint density at radius 3 is 2.39 bits per heavy atom. The minimum atomic E-state index is -0.241. The van der Waals surface area contributed by atoms with Crippen molar-refractivity contribution in [1.29, 1.82) is 0 Å². The lowest BCUT2D eigenvalue weighted by Crippen LogP contribution is -2.43. The number of benzene rings is 1. The molecule has 0 heterocycles. The summed E-state index contributed by atoms with van der Waals surface area (Å²) in [5.41, 5.74) is 1.01. The molecule has 1 rings (SSSR count). The van der Waals surface area contributed by atoms with Gasteiger partial charge in [0, 0.05) is 12.6 Å². The van der Waals surface area contributed by atoms with Crippen LogP contribution >= 0.6 is 0 Å². The quantitative estimate of drug-likeness (QED) is 0.831. The third kappa shape index (κ3) is 5.17. The smallest absolute Gasteiger partial charge is 0.315 e. The molecule has 0 bridgehead atoms. The van der Waals surface area contributed by atoms with Gasteiger partial charge in [0.2, 0.25) is 0 Å². The molecule has 0 aromatic heterocycles. The molecule has 0 fully saturated rings. The van der Waals surface area contributed by atoms with Crippen molar-refractivity contribution in [2.45, 2.75) is 33.2 Å². The predicted octanol–water partition coefficient (Wildman–Crippen LogP) is 2.71. The summed E-state index contributed by atoms with van der Waals surface area (Å²) in [6.07, 6.45) is 0.698. The minimum absolute atomic E-state index is 0.149. The molecule has 2 amide bonds. The minimum Gasteiger partial charge on any atom is -0.338 e. The van der Waals surface area contributed by atoms with E-state index in [4.69, 9.17) is 0 Å². The summed E-state index contributed by atoms with van der Waals surface area (Å²) in [5, 5.41) is 5.65. The highest BCUT2D eigenvalue weighted by atomic mass is 19.1. The molecule has 0 aliphatic heterocycles. The van der Waals surface area contributed by atoms with Gasteiger partial charge in [-0.15, -0.1) is 0 Å². The number of nitrogens with one attached hydrogen (secondary N) is 2. The van der Waals surface area contributed by atoms with Gasteiger partial charge in [0.25, 0.3) is 0 Å². The van der Waals surface area contributed by atoms with Crippen LogP contribution in [0.5, 0.6) is 0 Å². The third-order valence-corrected chi connectivity index (χ3v) is 2.97. The van der Waals surface area contributed by atoms with Gasteiger partial charge in [0.1, 0.15) is 5.82 Å². The Labute approximate surface area is 108 Å². The molecule has 0 saturated carbocycles. The molecule has 0 aliphatic rings. The average Bonchev–Trinajstić information content (AvgIpc) is 2.31. The van der Waals surface area contributed by atoms with E-state index in [-0.39, 0.29) is 17.9 Å². The first-order valence-electron chi connectivity index (χ1n) is 6.28. The molecule has 1 unspecified atom stereocenters. The van der Waals surface area contributed by atoms with Crippen molar-refractivity contribution in [3.8, 4) is 0 Å². The number of urea groups is 1. The molecule has 2 N–H and O–H groups in total. The average molecular weight is 252 g/mol. The van der Waals surface area contributed by atoms with Crippen LogP contribution in [0.3, 0.4) is 0 Å². The Hall–Kier alpha value is -1.58. The zero-order valence-electron chi connectivity index (χ0n) is 11.2. The molecule has 0 radical (unpaired) electrons. The molecule has 18 heavy (non-hydrogen) atoms. The Kier molecular flexibility index (Phi) is 5.62. The number of carbonyl (C=O) groups excluding carboxylic acids is 1. The van der Waals surface area contributed by atoms with Crippen molar-refractivity contribution in [2.24, 2.45) is 5.92 Å². The highest BCUT2D eigenvalue weighted by Crippen LogP contribution is 2.03. The number of amides is 2. The molecule has 0 spiro atoms. The van der Waals surface area contributed by atoms with E-state index in [1.165, 1.54) is 12.1 Å². The first-order chi connectivity index (χ1) is 8.49. The number of halogens is 1. The molecule has 3 nitrogen and oxygen atoms in total. The van der Waals surface area contributed by atoms with E-state index >= 15 is 0 Å². The van der Waals surface area contributed by atoms with Crippen molar-refractivity contribution in [3.05, 3.63) is 35.6 Å². The molecule has 1 atom stereocenters. The van der Waals surface area contributed by atoms with Crippen LogP contribution in [-0.4, -0.2) is 18.6 Å². The van der Waals surface area contributed by atoms with E-state index < -0.39 is 0 Å². The summed E-state index contributed by atoms with van der Waals surface area (Å²) in [5.74, 6) is 0.169. The molecular formula is C14H21FN2O. The zero-order valence-corrected chi connectivity index (χ0v) is 11.2. The summed E-state index contributed by atoms with van der Waals surface area (Å²) in [4.78, 5) is 11.5. The maximum absolute atomic E-state index is 12.7. The molecular weight excluding hydrogens is 231 g/mol. The predicted molar refractivity (Wildman–Crippen MR) is 70.9 cm³/mol. The van der Waals surface area contributed by atoms with Gasteiger partial charge in [0.05, 0.1) is 0 Å². The number of hydrogen-bond acceptors (Lipinski definition) is 1. The third-order valence-electron chi connectivity index (χ3n) is 2.97. The second-order valence-corrected chi connectivity index (χ2v) is 4.81. The highest BCUT2D eigenvalue weighted by molar-refractivity contribution is 5.74. The summed E-state index contributed by atoms with van der Waals surface area (Å²) in [6.45, 7) is 6.64.